The van der Waals surface area contributed by atoms with Crippen molar-refractivity contribution in [2.45, 2.75) is 10.4 Å². The molecule has 0 saturated heterocycles. The molecule has 0 aliphatic rings. The van der Waals surface area contributed by atoms with E-state index in [1.54, 1.807) is 0 Å². The molecule has 0 bridgehead atoms. The molecular weight excluding hydrogens is 258 g/mol. The third-order valence-corrected chi connectivity index (χ3v) is 0.183. The van der Waals surface area contributed by atoms with Gasteiger partial charge >= 0.3 is 63.3 Å². The van der Waals surface area contributed by atoms with Crippen molar-refractivity contribution in [3.8, 4) is 0 Å². The van der Waals surface area contributed by atoms with Crippen LogP contribution in [0.1, 0.15) is 6.92 Å². The van der Waals surface area contributed by atoms with E-state index in [0.717, 1.165) is 0 Å². The molecule has 0 aromatic carbocycles. The summed E-state index contributed by atoms with van der Waals surface area (Å²) >= 11 is 5.35. The molecule has 5 N–H and O–H groups in total. The second-order valence-electron chi connectivity index (χ2n) is 1.97. The molecule has 1 unspecified atom stereocenters. The molecule has 78 valence electrons. The van der Waals surface area contributed by atoms with Crippen LogP contribution >= 0.6 is 15.9 Å². The minimum absolute atomic E-state index is 0.646. The van der Waals surface area contributed by atoms with E-state index in [4.69, 9.17) is 34.9 Å². The van der Waals surface area contributed by atoms with Crippen LogP contribution in [0, 0.1) is 0 Å². The van der Waals surface area contributed by atoms with Gasteiger partial charge < -0.3 is 25.3 Å². The summed E-state index contributed by atoms with van der Waals surface area (Å²) in [5.41, 5.74) is 0. The van der Waals surface area contributed by atoms with E-state index in [1.807, 2.05) is 0 Å². The monoisotopic (exact) mass is 266 g/mol. The third-order valence-electron chi connectivity index (χ3n) is 0.183. The van der Waals surface area contributed by atoms with Gasteiger partial charge in [0, 0.05) is 0 Å². The SMILES string of the molecule is O=C(O)C(=O)O.OB(O)O.[Li][CH](C)Br. The van der Waals surface area contributed by atoms with Crippen LogP contribution in [0.4, 0.5) is 0 Å². The summed E-state index contributed by atoms with van der Waals surface area (Å²) in [6.45, 7) is 2.08. The summed E-state index contributed by atoms with van der Waals surface area (Å²) < 4.78 is 0.646. The van der Waals surface area contributed by atoms with Gasteiger partial charge in [-0.2, -0.15) is 0 Å². The fourth-order valence-corrected chi connectivity index (χ4v) is 0. The van der Waals surface area contributed by atoms with E-state index in [2.05, 4.69) is 40.6 Å². The van der Waals surface area contributed by atoms with E-state index in [-0.39, 0.29) is 0 Å². The van der Waals surface area contributed by atoms with E-state index in [9.17, 15) is 0 Å². The minimum atomic E-state index is -2.17. The quantitative estimate of drug-likeness (QED) is 0.194. The Hall–Kier alpha value is -0.0377. The van der Waals surface area contributed by atoms with Crippen molar-refractivity contribution in [2.24, 2.45) is 0 Å². The molecule has 0 spiro atoms. The van der Waals surface area contributed by atoms with Crippen molar-refractivity contribution in [3.63, 3.8) is 0 Å². The molecule has 0 aliphatic carbocycles. The summed E-state index contributed by atoms with van der Waals surface area (Å²) in [7, 11) is -2.17. The van der Waals surface area contributed by atoms with Crippen LogP contribution in [-0.2, 0) is 9.59 Å². The molecular formula is C4H9BBrLiO7. The van der Waals surface area contributed by atoms with Crippen LogP contribution < -0.4 is 0 Å². The van der Waals surface area contributed by atoms with Crippen molar-refractivity contribution in [1.29, 1.82) is 0 Å². The molecule has 14 heavy (non-hydrogen) atoms. The average Bonchev–Trinajstić information content (AvgIpc) is 1.83. The molecule has 10 heteroatoms. The first-order valence-corrected chi connectivity index (χ1v) is 4.17. The Bertz CT molecular complexity index is 140. The molecule has 0 aromatic rings. The maximum absolute atomic E-state index is 9.10. The first-order valence-electron chi connectivity index (χ1n) is 3.25. The van der Waals surface area contributed by atoms with E-state index in [1.165, 1.54) is 0 Å². The molecule has 0 radical (unpaired) electrons. The number of hydrogen-bond acceptors (Lipinski definition) is 5. The Morgan fingerprint density at radius 2 is 1.29 bits per heavy atom. The fraction of sp³-hybridized carbons (Fsp3) is 0.500. The number of hydrogen-bond donors (Lipinski definition) is 5. The van der Waals surface area contributed by atoms with Crippen LogP contribution in [0.2, 0.25) is 0 Å². The summed E-state index contributed by atoms with van der Waals surface area (Å²) in [4.78, 5) is 18.2. The number of carboxylic acid groups (broad SMARTS) is 2. The van der Waals surface area contributed by atoms with Gasteiger partial charge in [-0.25, -0.2) is 9.59 Å². The van der Waals surface area contributed by atoms with Gasteiger partial charge in [-0.15, -0.1) is 0 Å². The Morgan fingerprint density at radius 1 is 1.21 bits per heavy atom. The van der Waals surface area contributed by atoms with Crippen molar-refractivity contribution in [1.82, 2.24) is 0 Å². The number of rotatable bonds is 0. The molecule has 0 fully saturated rings. The van der Waals surface area contributed by atoms with E-state index >= 15 is 0 Å². The van der Waals surface area contributed by atoms with Crippen LogP contribution in [-0.4, -0.2) is 65.8 Å². The number of carbonyl (C=O) groups is 2. The van der Waals surface area contributed by atoms with Crippen LogP contribution in [0.25, 0.3) is 0 Å². The van der Waals surface area contributed by atoms with Gasteiger partial charge in [0.25, 0.3) is 0 Å². The Morgan fingerprint density at radius 3 is 1.29 bits per heavy atom. The van der Waals surface area contributed by atoms with Gasteiger partial charge in [0.15, 0.2) is 0 Å². The Balaban J connectivity index is -0.000000135. The zero-order valence-corrected chi connectivity index (χ0v) is 9.17. The molecule has 0 aliphatic heterocycles. The number of halogens is 1. The molecule has 1 atom stereocenters. The first-order chi connectivity index (χ1) is 6.11. The van der Waals surface area contributed by atoms with Gasteiger partial charge in [0.2, 0.25) is 0 Å². The molecule has 0 rings (SSSR count). The molecule has 0 aromatic heterocycles. The maximum atomic E-state index is 9.10. The Kier molecular flexibility index (Phi) is 18.1. The number of carboxylic acids is 2. The average molecular weight is 267 g/mol. The van der Waals surface area contributed by atoms with Crippen molar-refractivity contribution >= 4 is 52.9 Å². The topological polar surface area (TPSA) is 135 Å². The van der Waals surface area contributed by atoms with Gasteiger partial charge in [0.05, 0.1) is 0 Å². The normalized spacial score (nSPS) is 9.64. The van der Waals surface area contributed by atoms with Gasteiger partial charge in [-0.05, 0) is 0 Å². The van der Waals surface area contributed by atoms with Crippen molar-refractivity contribution in [2.75, 3.05) is 0 Å². The van der Waals surface area contributed by atoms with Crippen LogP contribution in [0.5, 0.6) is 0 Å². The molecule has 0 heterocycles. The number of alkyl halides is 1. The summed E-state index contributed by atoms with van der Waals surface area (Å²) in [5, 5.41) is 36.3. The first kappa shape index (κ1) is 19.5. The fourth-order valence-electron chi connectivity index (χ4n) is 0. The van der Waals surface area contributed by atoms with Crippen LogP contribution in [0.3, 0.4) is 0 Å². The Labute approximate surface area is 98.3 Å². The molecule has 0 saturated carbocycles. The summed E-state index contributed by atoms with van der Waals surface area (Å²) in [5.74, 6) is -3.65. The van der Waals surface area contributed by atoms with E-state index in [0.29, 0.717) is 3.50 Å². The predicted octanol–water partition coefficient (Wildman–Crippen LogP) is -2.00. The molecule has 7 nitrogen and oxygen atoms in total. The van der Waals surface area contributed by atoms with Gasteiger partial charge in [-0.3, -0.25) is 0 Å². The summed E-state index contributed by atoms with van der Waals surface area (Å²) in [6.07, 6.45) is 0. The zero-order chi connectivity index (χ0) is 12.3. The standard InChI is InChI=1S/C2H4Br.C2H2O4.BH3O3.Li/c1-2-3;3-1(4)2(5)6;2-1(3)4;/h2H,1H3;(H,3,4)(H,5,6);2-4H;. The van der Waals surface area contributed by atoms with Gasteiger partial charge in [-0.1, -0.05) is 0 Å². The van der Waals surface area contributed by atoms with Crippen molar-refractivity contribution < 1.29 is 34.9 Å². The zero-order valence-electron chi connectivity index (χ0n) is 7.59. The molecule has 0 amide bonds. The second kappa shape index (κ2) is 13.0. The third kappa shape index (κ3) is 91.6. The second-order valence-corrected chi connectivity index (χ2v) is 3.80. The van der Waals surface area contributed by atoms with Gasteiger partial charge in [0.1, 0.15) is 0 Å². The van der Waals surface area contributed by atoms with E-state index < -0.39 is 19.3 Å². The summed E-state index contributed by atoms with van der Waals surface area (Å²) in [6, 6.07) is 0. The number of aliphatic carboxylic acids is 2. The van der Waals surface area contributed by atoms with Crippen molar-refractivity contribution in [3.05, 3.63) is 0 Å². The predicted molar refractivity (Wildman–Crippen MR) is 51.8 cm³/mol. The van der Waals surface area contributed by atoms with Crippen LogP contribution in [0.15, 0.2) is 0 Å².